The Bertz CT molecular complexity index is 299. The normalized spacial score (nSPS) is 25.9. The number of likely N-dealkylation sites (tertiary alicyclic amines) is 1. The van der Waals surface area contributed by atoms with E-state index in [1.807, 2.05) is 11.8 Å². The molecule has 4 nitrogen and oxygen atoms in total. The van der Waals surface area contributed by atoms with Crippen LogP contribution in [0.2, 0.25) is 0 Å². The molecule has 1 N–H and O–H groups in total. The molecule has 0 aromatic heterocycles. The van der Waals surface area contributed by atoms with Crippen molar-refractivity contribution >= 4 is 11.9 Å². The molecule has 0 bridgehead atoms. The Morgan fingerprint density at radius 3 is 2.31 bits per heavy atom. The molecule has 0 aromatic carbocycles. The van der Waals surface area contributed by atoms with E-state index in [0.717, 1.165) is 13.0 Å². The van der Waals surface area contributed by atoms with Crippen molar-refractivity contribution in [3.05, 3.63) is 0 Å². The van der Waals surface area contributed by atoms with Gasteiger partial charge in [-0.15, -0.1) is 0 Å². The number of carbonyl (C=O) groups excluding carboxylic acids is 1. The maximum absolute atomic E-state index is 12.0. The molecule has 1 rings (SSSR count). The van der Waals surface area contributed by atoms with E-state index in [-0.39, 0.29) is 18.4 Å². The number of aliphatic carboxylic acids is 1. The van der Waals surface area contributed by atoms with Crippen LogP contribution in [0.4, 0.5) is 0 Å². The third-order valence-corrected chi connectivity index (χ3v) is 3.28. The number of nitrogens with zero attached hydrogens (tertiary/aromatic N) is 1. The van der Waals surface area contributed by atoms with Crippen LogP contribution in [0.25, 0.3) is 0 Å². The topological polar surface area (TPSA) is 57.6 Å². The fraction of sp³-hybridized carbons (Fsp3) is 0.833. The molecule has 0 saturated carbocycles. The lowest BCUT2D eigenvalue weighted by atomic mass is 9.89. The molecule has 1 amide bonds. The summed E-state index contributed by atoms with van der Waals surface area (Å²) in [6.07, 6.45) is 1.10. The van der Waals surface area contributed by atoms with E-state index in [1.54, 1.807) is 13.8 Å². The van der Waals surface area contributed by atoms with Gasteiger partial charge in [-0.3, -0.25) is 9.59 Å². The molecule has 0 aromatic rings. The van der Waals surface area contributed by atoms with Gasteiger partial charge in [-0.25, -0.2) is 0 Å². The molecule has 0 spiro atoms. The summed E-state index contributed by atoms with van der Waals surface area (Å²) in [7, 11) is 0. The van der Waals surface area contributed by atoms with Gasteiger partial charge in [0.05, 0.1) is 5.41 Å². The third-order valence-electron chi connectivity index (χ3n) is 3.28. The van der Waals surface area contributed by atoms with E-state index in [0.29, 0.717) is 5.92 Å². The molecule has 1 aliphatic rings. The molecule has 0 radical (unpaired) electrons. The van der Waals surface area contributed by atoms with E-state index < -0.39 is 11.4 Å². The van der Waals surface area contributed by atoms with Gasteiger partial charge in [0.1, 0.15) is 0 Å². The summed E-state index contributed by atoms with van der Waals surface area (Å²) in [5.41, 5.74) is -0.970. The van der Waals surface area contributed by atoms with Crippen molar-refractivity contribution in [1.82, 2.24) is 4.90 Å². The van der Waals surface area contributed by atoms with Crippen LogP contribution in [0, 0.1) is 11.3 Å². The molecule has 1 heterocycles. The van der Waals surface area contributed by atoms with Gasteiger partial charge in [0.2, 0.25) is 5.91 Å². The van der Waals surface area contributed by atoms with E-state index in [2.05, 4.69) is 6.92 Å². The predicted molar refractivity (Wildman–Crippen MR) is 61.0 cm³/mol. The van der Waals surface area contributed by atoms with E-state index in [9.17, 15) is 9.59 Å². The third kappa shape index (κ3) is 2.74. The largest absolute Gasteiger partial charge is 0.481 e. The summed E-state index contributed by atoms with van der Waals surface area (Å²) in [5.74, 6) is -0.433. The maximum atomic E-state index is 12.0. The number of carboxylic acid groups (broad SMARTS) is 1. The van der Waals surface area contributed by atoms with Crippen molar-refractivity contribution in [2.24, 2.45) is 11.3 Å². The summed E-state index contributed by atoms with van der Waals surface area (Å²) >= 11 is 0. The molecule has 4 heteroatoms. The number of hydrogen-bond acceptors (Lipinski definition) is 2. The van der Waals surface area contributed by atoms with Crippen molar-refractivity contribution in [3.8, 4) is 0 Å². The predicted octanol–water partition coefficient (Wildman–Crippen LogP) is 1.74. The Morgan fingerprint density at radius 1 is 1.38 bits per heavy atom. The van der Waals surface area contributed by atoms with Crippen LogP contribution in [0.3, 0.4) is 0 Å². The molecule has 1 saturated heterocycles. The first-order chi connectivity index (χ1) is 7.24. The van der Waals surface area contributed by atoms with Crippen molar-refractivity contribution in [3.63, 3.8) is 0 Å². The second kappa shape index (κ2) is 4.44. The van der Waals surface area contributed by atoms with Gasteiger partial charge in [-0.2, -0.15) is 0 Å². The van der Waals surface area contributed by atoms with Gasteiger partial charge >= 0.3 is 5.97 Å². The minimum atomic E-state index is -0.970. The number of carboxylic acids is 1. The molecule has 2 unspecified atom stereocenters. The van der Waals surface area contributed by atoms with Crippen molar-refractivity contribution in [1.29, 1.82) is 0 Å². The molecule has 2 atom stereocenters. The molecule has 1 fully saturated rings. The zero-order chi connectivity index (χ0) is 12.5. The maximum Gasteiger partial charge on any atom is 0.309 e. The monoisotopic (exact) mass is 227 g/mol. The molecule has 16 heavy (non-hydrogen) atoms. The standard InChI is InChI=1S/C12H21NO3/c1-8-5-9(2)13(7-8)10(14)6-12(3,4)11(15)16/h8-9H,5-7H2,1-4H3,(H,15,16). The smallest absolute Gasteiger partial charge is 0.309 e. The Kier molecular flexibility index (Phi) is 3.61. The Hall–Kier alpha value is -1.06. The molecule has 1 aliphatic heterocycles. The first-order valence-electron chi connectivity index (χ1n) is 5.77. The summed E-state index contributed by atoms with van der Waals surface area (Å²) < 4.78 is 0. The lowest BCUT2D eigenvalue weighted by Gasteiger charge is -2.26. The van der Waals surface area contributed by atoms with Crippen LogP contribution in [0.1, 0.15) is 40.5 Å². The quantitative estimate of drug-likeness (QED) is 0.799. The Morgan fingerprint density at radius 2 is 1.94 bits per heavy atom. The van der Waals surface area contributed by atoms with Crippen LogP contribution >= 0.6 is 0 Å². The van der Waals surface area contributed by atoms with Crippen LogP contribution in [0.5, 0.6) is 0 Å². The molecular formula is C12H21NO3. The first kappa shape index (κ1) is 13.0. The van der Waals surface area contributed by atoms with Crippen LogP contribution in [0.15, 0.2) is 0 Å². The summed E-state index contributed by atoms with van der Waals surface area (Å²) in [4.78, 5) is 24.7. The van der Waals surface area contributed by atoms with E-state index in [1.165, 1.54) is 0 Å². The SMILES string of the molecule is CC1CC(C)N(C(=O)CC(C)(C)C(=O)O)C1. The van der Waals surface area contributed by atoms with Gasteiger partial charge < -0.3 is 10.0 Å². The van der Waals surface area contributed by atoms with Crippen molar-refractivity contribution in [2.75, 3.05) is 6.54 Å². The number of carbonyl (C=O) groups is 2. The highest BCUT2D eigenvalue weighted by molar-refractivity contribution is 5.84. The van der Waals surface area contributed by atoms with E-state index >= 15 is 0 Å². The summed E-state index contributed by atoms with van der Waals surface area (Å²) in [5, 5.41) is 8.98. The highest BCUT2D eigenvalue weighted by atomic mass is 16.4. The zero-order valence-corrected chi connectivity index (χ0v) is 10.5. The van der Waals surface area contributed by atoms with E-state index in [4.69, 9.17) is 5.11 Å². The number of hydrogen-bond donors (Lipinski definition) is 1. The van der Waals surface area contributed by atoms with Gasteiger partial charge in [0.15, 0.2) is 0 Å². The zero-order valence-electron chi connectivity index (χ0n) is 10.5. The first-order valence-corrected chi connectivity index (χ1v) is 5.77. The fourth-order valence-electron chi connectivity index (χ4n) is 2.20. The van der Waals surface area contributed by atoms with Gasteiger partial charge in [0.25, 0.3) is 0 Å². The number of rotatable bonds is 3. The van der Waals surface area contributed by atoms with Crippen LogP contribution < -0.4 is 0 Å². The minimum Gasteiger partial charge on any atom is -0.481 e. The Balaban J connectivity index is 2.63. The van der Waals surface area contributed by atoms with Crippen LogP contribution in [-0.4, -0.2) is 34.5 Å². The summed E-state index contributed by atoms with van der Waals surface area (Å²) in [6.45, 7) is 8.09. The van der Waals surface area contributed by atoms with Crippen LogP contribution in [-0.2, 0) is 9.59 Å². The summed E-state index contributed by atoms with van der Waals surface area (Å²) in [6, 6.07) is 0.243. The highest BCUT2D eigenvalue weighted by Crippen LogP contribution is 2.27. The fourth-order valence-corrected chi connectivity index (χ4v) is 2.20. The van der Waals surface area contributed by atoms with Gasteiger partial charge in [-0.1, -0.05) is 6.92 Å². The van der Waals surface area contributed by atoms with Gasteiger partial charge in [0, 0.05) is 19.0 Å². The average molecular weight is 227 g/mol. The number of amides is 1. The van der Waals surface area contributed by atoms with Crippen molar-refractivity contribution in [2.45, 2.75) is 46.6 Å². The second-order valence-electron chi connectivity index (χ2n) is 5.60. The highest BCUT2D eigenvalue weighted by Gasteiger charge is 2.36. The lowest BCUT2D eigenvalue weighted by Crippen LogP contribution is -2.38. The van der Waals surface area contributed by atoms with Gasteiger partial charge in [-0.05, 0) is 33.1 Å². The Labute approximate surface area is 96.6 Å². The van der Waals surface area contributed by atoms with Crippen molar-refractivity contribution < 1.29 is 14.7 Å². The molecule has 92 valence electrons. The lowest BCUT2D eigenvalue weighted by molar-refractivity contribution is -0.151. The second-order valence-corrected chi connectivity index (χ2v) is 5.60. The molecular weight excluding hydrogens is 206 g/mol. The average Bonchev–Trinajstić information content (AvgIpc) is 2.44. The minimum absolute atomic E-state index is 0.0377. The molecule has 0 aliphatic carbocycles.